The van der Waals surface area contributed by atoms with Crippen molar-refractivity contribution >= 4 is 12.0 Å². The lowest BCUT2D eigenvalue weighted by Crippen LogP contribution is -2.16. The van der Waals surface area contributed by atoms with Crippen LogP contribution in [0.5, 0.6) is 0 Å². The van der Waals surface area contributed by atoms with E-state index >= 15 is 0 Å². The normalized spacial score (nSPS) is 28.5. The van der Waals surface area contributed by atoms with Gasteiger partial charge in [-0.1, -0.05) is 11.2 Å². The third-order valence-corrected chi connectivity index (χ3v) is 2.23. The molecule has 2 rings (SSSR count). The lowest BCUT2D eigenvalue weighted by atomic mass is 9.93. The molecule has 0 N–H and O–H groups in total. The molecule has 0 bridgehead atoms. The Morgan fingerprint density at radius 2 is 2.50 bits per heavy atom. The van der Waals surface area contributed by atoms with E-state index in [4.69, 9.17) is 4.84 Å². The Morgan fingerprint density at radius 1 is 1.58 bits per heavy atom. The number of hydrogen-bond acceptors (Lipinski definition) is 3. The van der Waals surface area contributed by atoms with Crippen molar-refractivity contribution in [3.8, 4) is 0 Å². The monoisotopic (exact) mass is 165 g/mol. The van der Waals surface area contributed by atoms with Crippen LogP contribution in [0.2, 0.25) is 0 Å². The van der Waals surface area contributed by atoms with Gasteiger partial charge in [-0.25, -0.2) is 0 Å². The summed E-state index contributed by atoms with van der Waals surface area (Å²) < 4.78 is 0. The number of carbonyl (C=O) groups excluding carboxylic acids is 1. The maximum absolute atomic E-state index is 11.1. The summed E-state index contributed by atoms with van der Waals surface area (Å²) in [7, 11) is 0. The molecule has 0 aromatic heterocycles. The predicted octanol–water partition coefficient (Wildman–Crippen LogP) is 1.44. The summed E-state index contributed by atoms with van der Waals surface area (Å²) in [6, 6.07) is 0. The second kappa shape index (κ2) is 3.09. The van der Waals surface area contributed by atoms with Gasteiger partial charge in [0.15, 0.2) is 6.10 Å². The zero-order valence-electron chi connectivity index (χ0n) is 6.82. The molecular formula is C9H11NO2. The van der Waals surface area contributed by atoms with Gasteiger partial charge in [0.2, 0.25) is 0 Å². The molecule has 1 aliphatic heterocycles. The summed E-state index contributed by atoms with van der Waals surface area (Å²) in [6.45, 7) is 0. The molecule has 0 spiro atoms. The largest absolute Gasteiger partial charge is 0.388 e. The smallest absolute Gasteiger partial charge is 0.154 e. The molecular weight excluding hydrogens is 154 g/mol. The molecule has 0 amide bonds. The van der Waals surface area contributed by atoms with Gasteiger partial charge >= 0.3 is 0 Å². The predicted molar refractivity (Wildman–Crippen MR) is 44.9 cm³/mol. The first kappa shape index (κ1) is 7.53. The molecule has 0 saturated heterocycles. The Morgan fingerprint density at radius 3 is 3.17 bits per heavy atom. The lowest BCUT2D eigenvalue weighted by Gasteiger charge is -2.15. The number of Topliss-reactive ketones (excluding diaryl/α,β-unsaturated/α-hetero) is 1. The van der Waals surface area contributed by atoms with Crippen LogP contribution in [0.1, 0.15) is 25.7 Å². The van der Waals surface area contributed by atoms with E-state index < -0.39 is 0 Å². The Hall–Kier alpha value is -1.12. The van der Waals surface area contributed by atoms with Crippen LogP contribution in [0.4, 0.5) is 0 Å². The Balaban J connectivity index is 2.03. The summed E-state index contributed by atoms with van der Waals surface area (Å²) in [4.78, 5) is 16.2. The van der Waals surface area contributed by atoms with Gasteiger partial charge in [-0.15, -0.1) is 0 Å². The molecule has 0 saturated carbocycles. The topological polar surface area (TPSA) is 38.7 Å². The summed E-state index contributed by atoms with van der Waals surface area (Å²) in [5.74, 6) is 0.322. The van der Waals surface area contributed by atoms with Crippen LogP contribution in [0.15, 0.2) is 16.8 Å². The second-order valence-electron chi connectivity index (χ2n) is 3.15. The van der Waals surface area contributed by atoms with Crippen LogP contribution < -0.4 is 0 Å². The van der Waals surface area contributed by atoms with Gasteiger partial charge in [0.25, 0.3) is 0 Å². The van der Waals surface area contributed by atoms with E-state index in [9.17, 15) is 4.79 Å². The summed E-state index contributed by atoms with van der Waals surface area (Å²) in [5.41, 5.74) is 1.11. The van der Waals surface area contributed by atoms with Gasteiger partial charge in [0.1, 0.15) is 5.78 Å². The van der Waals surface area contributed by atoms with Crippen LogP contribution in [-0.4, -0.2) is 18.1 Å². The Kier molecular flexibility index (Phi) is 1.94. The molecule has 1 atom stereocenters. The van der Waals surface area contributed by atoms with Crippen molar-refractivity contribution < 1.29 is 9.63 Å². The van der Waals surface area contributed by atoms with Gasteiger partial charge in [-0.2, -0.15) is 0 Å². The molecule has 0 radical (unpaired) electrons. The molecule has 1 aliphatic carbocycles. The minimum atomic E-state index is 0.0502. The van der Waals surface area contributed by atoms with E-state index in [2.05, 4.69) is 11.2 Å². The minimum absolute atomic E-state index is 0.0502. The molecule has 12 heavy (non-hydrogen) atoms. The maximum Gasteiger partial charge on any atom is 0.154 e. The van der Waals surface area contributed by atoms with E-state index in [0.717, 1.165) is 18.4 Å². The average molecular weight is 165 g/mol. The molecule has 0 aromatic carbocycles. The van der Waals surface area contributed by atoms with Crippen molar-refractivity contribution in [2.75, 3.05) is 0 Å². The number of hydrogen-bond donors (Lipinski definition) is 0. The Labute approximate surface area is 71.1 Å². The fourth-order valence-electron chi connectivity index (χ4n) is 1.57. The fourth-order valence-corrected chi connectivity index (χ4v) is 1.57. The fraction of sp³-hybridized carbons (Fsp3) is 0.556. The molecule has 0 aromatic rings. The number of rotatable bonds is 1. The van der Waals surface area contributed by atoms with Gasteiger partial charge in [0, 0.05) is 25.5 Å². The molecule has 1 heterocycles. The molecule has 3 heteroatoms. The number of carbonyl (C=O) groups is 1. The van der Waals surface area contributed by atoms with Crippen molar-refractivity contribution in [3.63, 3.8) is 0 Å². The standard InChI is InChI=1S/C9H11NO2/c11-8-3-1-2-7(6-8)9-4-5-10-12-9/h2,5,9H,1,3-4,6H2. The van der Waals surface area contributed by atoms with Crippen molar-refractivity contribution in [1.82, 2.24) is 0 Å². The molecule has 1 unspecified atom stereocenters. The van der Waals surface area contributed by atoms with Gasteiger partial charge in [-0.3, -0.25) is 4.79 Å². The van der Waals surface area contributed by atoms with Crippen molar-refractivity contribution in [2.45, 2.75) is 31.8 Å². The summed E-state index contributed by atoms with van der Waals surface area (Å²) >= 11 is 0. The van der Waals surface area contributed by atoms with Crippen LogP contribution in [0.25, 0.3) is 0 Å². The van der Waals surface area contributed by atoms with Crippen molar-refractivity contribution in [3.05, 3.63) is 11.6 Å². The Bertz CT molecular complexity index is 247. The third-order valence-electron chi connectivity index (χ3n) is 2.23. The first-order valence-electron chi connectivity index (χ1n) is 4.24. The molecule has 2 aliphatic rings. The summed E-state index contributed by atoms with van der Waals surface area (Å²) in [5, 5.41) is 3.69. The lowest BCUT2D eigenvalue weighted by molar-refractivity contribution is -0.118. The van der Waals surface area contributed by atoms with E-state index in [1.54, 1.807) is 6.21 Å². The number of allylic oxidation sites excluding steroid dienone is 1. The number of ketones is 1. The first-order chi connectivity index (χ1) is 5.86. The second-order valence-corrected chi connectivity index (χ2v) is 3.15. The van der Waals surface area contributed by atoms with E-state index in [1.165, 1.54) is 0 Å². The third kappa shape index (κ3) is 1.40. The molecule has 3 nitrogen and oxygen atoms in total. The molecule has 0 fully saturated rings. The van der Waals surface area contributed by atoms with E-state index in [0.29, 0.717) is 18.6 Å². The highest BCUT2D eigenvalue weighted by atomic mass is 16.6. The highest BCUT2D eigenvalue weighted by molar-refractivity contribution is 5.82. The number of nitrogens with zero attached hydrogens (tertiary/aromatic N) is 1. The van der Waals surface area contributed by atoms with Crippen LogP contribution in [0, 0.1) is 0 Å². The maximum atomic E-state index is 11.1. The van der Waals surface area contributed by atoms with E-state index in [-0.39, 0.29) is 6.10 Å². The molecule has 64 valence electrons. The van der Waals surface area contributed by atoms with Crippen molar-refractivity contribution in [2.24, 2.45) is 5.16 Å². The summed E-state index contributed by atoms with van der Waals surface area (Å²) in [6.07, 6.45) is 6.86. The highest BCUT2D eigenvalue weighted by Crippen LogP contribution is 2.23. The van der Waals surface area contributed by atoms with Gasteiger partial charge in [-0.05, 0) is 12.0 Å². The van der Waals surface area contributed by atoms with E-state index in [1.807, 2.05) is 0 Å². The zero-order chi connectivity index (χ0) is 8.39. The minimum Gasteiger partial charge on any atom is -0.388 e. The number of oxime groups is 1. The van der Waals surface area contributed by atoms with Gasteiger partial charge in [0.05, 0.1) is 0 Å². The van der Waals surface area contributed by atoms with Crippen LogP contribution in [0.3, 0.4) is 0 Å². The SMILES string of the molecule is O=C1CCC=C(C2CC=NO2)C1. The van der Waals surface area contributed by atoms with Crippen LogP contribution >= 0.6 is 0 Å². The highest BCUT2D eigenvalue weighted by Gasteiger charge is 2.22. The quantitative estimate of drug-likeness (QED) is 0.551. The average Bonchev–Trinajstić information content (AvgIpc) is 2.56. The zero-order valence-corrected chi connectivity index (χ0v) is 6.82. The van der Waals surface area contributed by atoms with Crippen molar-refractivity contribution in [1.29, 1.82) is 0 Å². The first-order valence-corrected chi connectivity index (χ1v) is 4.24. The van der Waals surface area contributed by atoms with Crippen LogP contribution in [-0.2, 0) is 9.63 Å². The van der Waals surface area contributed by atoms with Gasteiger partial charge < -0.3 is 4.84 Å².